The molecule has 0 spiro atoms. The number of aryl methyl sites for hydroxylation is 1. The summed E-state index contributed by atoms with van der Waals surface area (Å²) < 4.78 is 0. The predicted octanol–water partition coefficient (Wildman–Crippen LogP) is 2.42. The van der Waals surface area contributed by atoms with Crippen molar-refractivity contribution in [1.29, 1.82) is 0 Å². The molecule has 1 aromatic rings. The largest absolute Gasteiger partial charge is 0.368 e. The number of amides is 1. The number of carbonyl (C=O) groups excluding carboxylic acids is 1. The third-order valence-corrected chi connectivity index (χ3v) is 2.92. The molecule has 92 valence electrons. The van der Waals surface area contributed by atoms with Crippen LogP contribution in [0.4, 0.5) is 11.5 Å². The lowest BCUT2D eigenvalue weighted by Crippen LogP contribution is -2.27. The lowest BCUT2D eigenvalue weighted by molar-refractivity contribution is -0.119. The van der Waals surface area contributed by atoms with E-state index in [0.29, 0.717) is 12.5 Å². The molecule has 0 aromatic carbocycles. The number of aromatic nitrogens is 1. The molecule has 2 N–H and O–H groups in total. The minimum Gasteiger partial charge on any atom is -0.368 e. The Morgan fingerprint density at radius 3 is 3.00 bits per heavy atom. The molecule has 4 heteroatoms. The van der Waals surface area contributed by atoms with Crippen LogP contribution >= 0.6 is 0 Å². The van der Waals surface area contributed by atoms with E-state index in [1.165, 1.54) is 0 Å². The van der Waals surface area contributed by atoms with Crippen molar-refractivity contribution < 1.29 is 4.79 Å². The van der Waals surface area contributed by atoms with Crippen LogP contribution in [0.25, 0.3) is 0 Å². The van der Waals surface area contributed by atoms with Gasteiger partial charge in [0, 0.05) is 12.7 Å². The van der Waals surface area contributed by atoms with E-state index < -0.39 is 0 Å². The van der Waals surface area contributed by atoms with Gasteiger partial charge in [0.25, 0.3) is 0 Å². The highest BCUT2D eigenvalue weighted by molar-refractivity contribution is 5.96. The summed E-state index contributed by atoms with van der Waals surface area (Å²) in [6.45, 7) is 6.89. The Morgan fingerprint density at radius 1 is 1.53 bits per heavy atom. The Hall–Kier alpha value is -1.58. The van der Waals surface area contributed by atoms with Gasteiger partial charge in [0.15, 0.2) is 0 Å². The molecular weight excluding hydrogens is 214 g/mol. The van der Waals surface area contributed by atoms with Gasteiger partial charge in [-0.1, -0.05) is 13.8 Å². The number of anilines is 2. The molecule has 1 unspecified atom stereocenters. The van der Waals surface area contributed by atoms with E-state index >= 15 is 0 Å². The molecule has 0 aliphatic carbocycles. The van der Waals surface area contributed by atoms with Crippen LogP contribution in [0.1, 0.15) is 25.8 Å². The lowest BCUT2D eigenvalue weighted by atomic mass is 9.96. The van der Waals surface area contributed by atoms with Crippen molar-refractivity contribution in [2.45, 2.75) is 27.2 Å². The van der Waals surface area contributed by atoms with Gasteiger partial charge < -0.3 is 10.6 Å². The minimum atomic E-state index is 0.0181. The van der Waals surface area contributed by atoms with Gasteiger partial charge in [-0.2, -0.15) is 0 Å². The second kappa shape index (κ2) is 4.73. The zero-order valence-electron chi connectivity index (χ0n) is 10.6. The Kier molecular flexibility index (Phi) is 3.31. The van der Waals surface area contributed by atoms with Gasteiger partial charge in [-0.3, -0.25) is 4.79 Å². The Bertz CT molecular complexity index is 429. The van der Waals surface area contributed by atoms with Crippen molar-refractivity contribution in [2.24, 2.45) is 11.8 Å². The van der Waals surface area contributed by atoms with E-state index in [1.54, 1.807) is 6.20 Å². The second-order valence-electron chi connectivity index (χ2n) is 5.11. The fourth-order valence-corrected chi connectivity index (χ4v) is 2.11. The maximum Gasteiger partial charge on any atom is 0.229 e. The number of nitrogens with zero attached hydrogens (tertiary/aromatic N) is 1. The lowest BCUT2D eigenvalue weighted by Gasteiger charge is -2.14. The fraction of sp³-hybridized carbons (Fsp3) is 0.538. The van der Waals surface area contributed by atoms with Crippen molar-refractivity contribution in [1.82, 2.24) is 4.98 Å². The maximum absolute atomic E-state index is 12.0. The fourth-order valence-electron chi connectivity index (χ4n) is 2.11. The Balaban J connectivity index is 2.19. The summed E-state index contributed by atoms with van der Waals surface area (Å²) in [5.74, 6) is 1.40. The first kappa shape index (κ1) is 11.9. The third kappa shape index (κ3) is 2.75. The van der Waals surface area contributed by atoms with Gasteiger partial charge >= 0.3 is 0 Å². The summed E-state index contributed by atoms with van der Waals surface area (Å²) in [7, 11) is 0. The number of fused-ring (bicyclic) bond motifs is 1. The Morgan fingerprint density at radius 2 is 2.29 bits per heavy atom. The van der Waals surface area contributed by atoms with Crippen LogP contribution in [0.15, 0.2) is 12.3 Å². The first-order valence-electron chi connectivity index (χ1n) is 6.07. The van der Waals surface area contributed by atoms with Crippen molar-refractivity contribution in [2.75, 3.05) is 17.2 Å². The van der Waals surface area contributed by atoms with Gasteiger partial charge in [-0.15, -0.1) is 0 Å². The quantitative estimate of drug-likeness (QED) is 0.824. The van der Waals surface area contributed by atoms with Crippen LogP contribution in [0, 0.1) is 18.8 Å². The monoisotopic (exact) mass is 233 g/mol. The molecule has 0 saturated heterocycles. The first-order chi connectivity index (χ1) is 8.06. The van der Waals surface area contributed by atoms with Crippen LogP contribution in [0.2, 0.25) is 0 Å². The average molecular weight is 233 g/mol. The molecule has 1 atom stereocenters. The van der Waals surface area contributed by atoms with Gasteiger partial charge in [0.05, 0.1) is 11.6 Å². The zero-order valence-corrected chi connectivity index (χ0v) is 10.6. The second-order valence-corrected chi connectivity index (χ2v) is 5.11. The average Bonchev–Trinajstić information content (AvgIpc) is 2.38. The summed E-state index contributed by atoms with van der Waals surface area (Å²) in [6.07, 6.45) is 2.70. The van der Waals surface area contributed by atoms with Gasteiger partial charge in [0.1, 0.15) is 5.82 Å². The molecule has 2 heterocycles. The highest BCUT2D eigenvalue weighted by atomic mass is 16.1. The molecule has 0 fully saturated rings. The van der Waals surface area contributed by atoms with E-state index in [4.69, 9.17) is 0 Å². The molecule has 0 bridgehead atoms. The summed E-state index contributed by atoms with van der Waals surface area (Å²) in [4.78, 5) is 16.3. The van der Waals surface area contributed by atoms with Crippen molar-refractivity contribution in [3.63, 3.8) is 0 Å². The summed E-state index contributed by atoms with van der Waals surface area (Å²) >= 11 is 0. The normalized spacial score (nSPS) is 19.3. The number of nitrogens with one attached hydrogen (secondary N) is 2. The van der Waals surface area contributed by atoms with Gasteiger partial charge in [-0.25, -0.2) is 4.98 Å². The van der Waals surface area contributed by atoms with Crippen LogP contribution < -0.4 is 10.6 Å². The third-order valence-electron chi connectivity index (χ3n) is 2.92. The number of hydrogen-bond acceptors (Lipinski definition) is 3. The van der Waals surface area contributed by atoms with E-state index in [2.05, 4.69) is 29.5 Å². The molecule has 0 radical (unpaired) electrons. The van der Waals surface area contributed by atoms with E-state index in [0.717, 1.165) is 23.5 Å². The molecule has 1 aromatic heterocycles. The predicted molar refractivity (Wildman–Crippen MR) is 69.0 cm³/mol. The number of carbonyl (C=O) groups is 1. The van der Waals surface area contributed by atoms with Crippen LogP contribution in [0.5, 0.6) is 0 Å². The Labute approximate surface area is 102 Å². The number of pyridine rings is 1. The highest BCUT2D eigenvalue weighted by Gasteiger charge is 2.24. The van der Waals surface area contributed by atoms with Crippen molar-refractivity contribution in [3.05, 3.63) is 17.8 Å². The van der Waals surface area contributed by atoms with E-state index in [-0.39, 0.29) is 11.8 Å². The number of hydrogen-bond donors (Lipinski definition) is 2. The standard InChI is InChI=1S/C13H19N3O/c1-8(2)4-10-7-15-12-11(16-13(10)17)5-9(3)6-14-12/h5-6,8,10H,4,7H2,1-3H3,(H,14,15)(H,16,17). The SMILES string of the molecule is Cc1cnc2c(c1)NC(=O)C(CC(C)C)CN2. The molecule has 17 heavy (non-hydrogen) atoms. The molecule has 1 aliphatic heterocycles. The summed E-state index contributed by atoms with van der Waals surface area (Å²) in [5.41, 5.74) is 1.84. The smallest absolute Gasteiger partial charge is 0.229 e. The maximum atomic E-state index is 12.0. The van der Waals surface area contributed by atoms with Crippen molar-refractivity contribution in [3.8, 4) is 0 Å². The minimum absolute atomic E-state index is 0.0181. The summed E-state index contributed by atoms with van der Waals surface area (Å²) in [5, 5.41) is 6.20. The molecule has 2 rings (SSSR count). The zero-order chi connectivity index (χ0) is 12.4. The van der Waals surface area contributed by atoms with Crippen LogP contribution in [-0.4, -0.2) is 17.4 Å². The molecule has 4 nitrogen and oxygen atoms in total. The topological polar surface area (TPSA) is 54.0 Å². The van der Waals surface area contributed by atoms with Crippen LogP contribution in [-0.2, 0) is 4.79 Å². The number of rotatable bonds is 2. The molecular formula is C13H19N3O. The van der Waals surface area contributed by atoms with Gasteiger partial charge in [0.2, 0.25) is 5.91 Å². The molecule has 1 aliphatic rings. The molecule has 0 saturated carbocycles. The summed E-state index contributed by atoms with van der Waals surface area (Å²) in [6, 6.07) is 1.95. The molecule has 1 amide bonds. The highest BCUT2D eigenvalue weighted by Crippen LogP contribution is 2.25. The van der Waals surface area contributed by atoms with E-state index in [1.807, 2.05) is 13.0 Å². The first-order valence-corrected chi connectivity index (χ1v) is 6.07. The van der Waals surface area contributed by atoms with Crippen LogP contribution in [0.3, 0.4) is 0 Å². The van der Waals surface area contributed by atoms with E-state index in [9.17, 15) is 4.79 Å². The van der Waals surface area contributed by atoms with Crippen molar-refractivity contribution >= 4 is 17.4 Å². The van der Waals surface area contributed by atoms with Gasteiger partial charge in [-0.05, 0) is 30.9 Å².